The first-order chi connectivity index (χ1) is 25.6. The molecule has 0 spiro atoms. The number of benzene rings is 5. The van der Waals surface area contributed by atoms with Crippen molar-refractivity contribution >= 4 is 21.8 Å². The lowest BCUT2D eigenvalue weighted by atomic mass is 9.90. The van der Waals surface area contributed by atoms with Gasteiger partial charge >= 0.3 is 0 Å². The summed E-state index contributed by atoms with van der Waals surface area (Å²) in [6.45, 7) is 17.6. The second kappa shape index (κ2) is 13.6. The van der Waals surface area contributed by atoms with Crippen LogP contribution in [0.2, 0.25) is 0 Å². The van der Waals surface area contributed by atoms with Crippen LogP contribution in [0.15, 0.2) is 121 Å². The Kier molecular flexibility index (Phi) is 8.74. The van der Waals surface area contributed by atoms with Crippen molar-refractivity contribution in [1.29, 1.82) is 0 Å². The van der Waals surface area contributed by atoms with E-state index in [1.54, 1.807) is 0 Å². The van der Waals surface area contributed by atoms with E-state index < -0.39 is 0 Å². The Bertz CT molecular complexity index is 2620. The minimum absolute atomic E-state index is 0.277. The molecule has 0 radical (unpaired) electrons. The summed E-state index contributed by atoms with van der Waals surface area (Å²) in [5.41, 5.74) is 14.9. The van der Waals surface area contributed by atoms with Crippen molar-refractivity contribution in [3.63, 3.8) is 0 Å². The van der Waals surface area contributed by atoms with Gasteiger partial charge in [0, 0.05) is 40.2 Å². The van der Waals surface area contributed by atoms with E-state index in [0.29, 0.717) is 5.92 Å². The molecule has 8 aromatic rings. The average molecular weight is 695 g/mol. The number of fused-ring (bicyclic) bond motifs is 3. The molecule has 0 bridgehead atoms. The number of pyridine rings is 1. The standard InChI is InChI=1S/C48H46N4O/c1-29(2)36-20-21-49-45(26-36)51-43-17-13-12-16-41(43)42-19-18-39(28-44(42)51)53-40-25-37(30(3)4)24-38(27-40)52-48(35-14-10-9-11-15-35)47(34(8)50-52)46-32(6)22-31(5)23-33(46)7/h9-30H,1-8H3. The first kappa shape index (κ1) is 34.2. The number of hydrogen-bond acceptors (Lipinski definition) is 3. The average Bonchev–Trinajstić information content (AvgIpc) is 3.65. The van der Waals surface area contributed by atoms with E-state index in [9.17, 15) is 0 Å². The fraction of sp³-hybridized carbons (Fsp3) is 0.208. The van der Waals surface area contributed by atoms with Gasteiger partial charge in [0.15, 0.2) is 0 Å². The van der Waals surface area contributed by atoms with Crippen LogP contribution >= 0.6 is 0 Å². The van der Waals surface area contributed by atoms with Crippen molar-refractivity contribution in [3.8, 4) is 45.4 Å². The van der Waals surface area contributed by atoms with E-state index in [-0.39, 0.29) is 5.92 Å². The minimum Gasteiger partial charge on any atom is -0.457 e. The van der Waals surface area contributed by atoms with Crippen molar-refractivity contribution < 1.29 is 4.74 Å². The predicted molar refractivity (Wildman–Crippen MR) is 220 cm³/mol. The third-order valence-corrected chi connectivity index (χ3v) is 10.4. The zero-order chi connectivity index (χ0) is 37.0. The topological polar surface area (TPSA) is 44.9 Å². The van der Waals surface area contributed by atoms with Crippen LogP contribution in [-0.2, 0) is 0 Å². The van der Waals surface area contributed by atoms with Crippen LogP contribution in [0.3, 0.4) is 0 Å². The summed E-state index contributed by atoms with van der Waals surface area (Å²) in [5, 5.41) is 7.62. The number of aryl methyl sites for hydroxylation is 4. The molecule has 5 heteroatoms. The highest BCUT2D eigenvalue weighted by Crippen LogP contribution is 2.42. The van der Waals surface area contributed by atoms with Crippen LogP contribution in [0.25, 0.3) is 55.7 Å². The zero-order valence-electron chi connectivity index (χ0n) is 31.9. The Morgan fingerprint density at radius 1 is 0.585 bits per heavy atom. The summed E-state index contributed by atoms with van der Waals surface area (Å²) in [5.74, 6) is 3.11. The van der Waals surface area contributed by atoms with Gasteiger partial charge in [-0.25, -0.2) is 9.67 Å². The van der Waals surface area contributed by atoms with Gasteiger partial charge in [0.2, 0.25) is 0 Å². The van der Waals surface area contributed by atoms with Gasteiger partial charge in [-0.2, -0.15) is 5.10 Å². The highest BCUT2D eigenvalue weighted by molar-refractivity contribution is 6.09. The third-order valence-electron chi connectivity index (χ3n) is 10.4. The fourth-order valence-electron chi connectivity index (χ4n) is 7.88. The molecule has 0 amide bonds. The SMILES string of the molecule is Cc1cc(C)c(-c2c(C)nn(-c3cc(Oc4ccc5c6ccccc6n(-c6cc(C(C)C)ccn6)c5c4)cc(C(C)C)c3)c2-c2ccccc2)c(C)c1. The van der Waals surface area contributed by atoms with Gasteiger partial charge in [-0.15, -0.1) is 0 Å². The fourth-order valence-corrected chi connectivity index (χ4v) is 7.88. The molecule has 3 heterocycles. The molecule has 0 unspecified atom stereocenters. The lowest BCUT2D eigenvalue weighted by Crippen LogP contribution is -2.03. The van der Waals surface area contributed by atoms with Crippen molar-refractivity contribution in [2.24, 2.45) is 0 Å². The monoisotopic (exact) mass is 694 g/mol. The maximum atomic E-state index is 6.83. The lowest BCUT2D eigenvalue weighted by Gasteiger charge is -2.17. The third kappa shape index (κ3) is 6.20. The second-order valence-corrected chi connectivity index (χ2v) is 15.0. The highest BCUT2D eigenvalue weighted by atomic mass is 16.5. The molecule has 0 N–H and O–H groups in total. The quantitative estimate of drug-likeness (QED) is 0.159. The molecule has 0 aliphatic heterocycles. The van der Waals surface area contributed by atoms with E-state index in [0.717, 1.165) is 61.9 Å². The maximum absolute atomic E-state index is 6.83. The molecule has 0 saturated heterocycles. The summed E-state index contributed by atoms with van der Waals surface area (Å²) in [6.07, 6.45) is 1.91. The Morgan fingerprint density at radius 2 is 1.28 bits per heavy atom. The molecule has 264 valence electrons. The van der Waals surface area contributed by atoms with E-state index in [2.05, 4.69) is 180 Å². The van der Waals surface area contributed by atoms with Crippen LogP contribution in [0.4, 0.5) is 0 Å². The molecule has 0 atom stereocenters. The second-order valence-electron chi connectivity index (χ2n) is 15.0. The van der Waals surface area contributed by atoms with Gasteiger partial charge in [-0.05, 0) is 110 Å². The molecule has 53 heavy (non-hydrogen) atoms. The number of hydrogen-bond donors (Lipinski definition) is 0. The molecule has 5 aromatic carbocycles. The van der Waals surface area contributed by atoms with Gasteiger partial charge in [0.1, 0.15) is 17.3 Å². The molecule has 0 saturated carbocycles. The molecular formula is C48H46N4O. The Morgan fingerprint density at radius 3 is 2.02 bits per heavy atom. The Balaban J connectivity index is 1.29. The van der Waals surface area contributed by atoms with Crippen LogP contribution in [-0.4, -0.2) is 19.3 Å². The van der Waals surface area contributed by atoms with Gasteiger partial charge < -0.3 is 4.74 Å². The number of aromatic nitrogens is 4. The highest BCUT2D eigenvalue weighted by Gasteiger charge is 2.24. The van der Waals surface area contributed by atoms with E-state index in [1.807, 2.05) is 6.20 Å². The zero-order valence-corrected chi connectivity index (χ0v) is 31.9. The molecule has 5 nitrogen and oxygen atoms in total. The normalized spacial score (nSPS) is 11.7. The number of para-hydroxylation sites is 1. The maximum Gasteiger partial charge on any atom is 0.137 e. The number of ether oxygens (including phenoxy) is 1. The van der Waals surface area contributed by atoms with Gasteiger partial charge in [-0.1, -0.05) is 93.9 Å². The van der Waals surface area contributed by atoms with Crippen molar-refractivity contribution in [2.45, 2.75) is 67.2 Å². The van der Waals surface area contributed by atoms with Crippen LogP contribution < -0.4 is 4.74 Å². The molecule has 8 rings (SSSR count). The van der Waals surface area contributed by atoms with Crippen LogP contribution in [0.1, 0.15) is 73.0 Å². The lowest BCUT2D eigenvalue weighted by molar-refractivity contribution is 0.481. The molecule has 0 aliphatic rings. The Hall–Kier alpha value is -5.94. The number of rotatable bonds is 8. The summed E-state index contributed by atoms with van der Waals surface area (Å²) in [6, 6.07) is 41.0. The van der Waals surface area contributed by atoms with Gasteiger partial charge in [0.25, 0.3) is 0 Å². The first-order valence-corrected chi connectivity index (χ1v) is 18.6. The molecule has 0 fully saturated rings. The first-order valence-electron chi connectivity index (χ1n) is 18.6. The minimum atomic E-state index is 0.277. The molecule has 0 aliphatic carbocycles. The molecular weight excluding hydrogens is 649 g/mol. The van der Waals surface area contributed by atoms with Crippen molar-refractivity contribution in [2.75, 3.05) is 0 Å². The Labute approximate surface area is 312 Å². The summed E-state index contributed by atoms with van der Waals surface area (Å²) >= 11 is 0. The van der Waals surface area contributed by atoms with Crippen molar-refractivity contribution in [1.82, 2.24) is 19.3 Å². The van der Waals surface area contributed by atoms with E-state index in [1.165, 1.54) is 38.8 Å². The largest absolute Gasteiger partial charge is 0.457 e. The summed E-state index contributed by atoms with van der Waals surface area (Å²) in [7, 11) is 0. The van der Waals surface area contributed by atoms with Crippen LogP contribution in [0, 0.1) is 27.7 Å². The van der Waals surface area contributed by atoms with E-state index in [4.69, 9.17) is 14.8 Å². The van der Waals surface area contributed by atoms with E-state index >= 15 is 0 Å². The number of nitrogens with zero attached hydrogens (tertiary/aromatic N) is 4. The van der Waals surface area contributed by atoms with Crippen molar-refractivity contribution in [3.05, 3.63) is 155 Å². The summed E-state index contributed by atoms with van der Waals surface area (Å²) < 4.78 is 11.2. The summed E-state index contributed by atoms with van der Waals surface area (Å²) in [4.78, 5) is 4.85. The smallest absolute Gasteiger partial charge is 0.137 e. The van der Waals surface area contributed by atoms with Gasteiger partial charge in [0.05, 0.1) is 28.1 Å². The molecule has 3 aromatic heterocycles. The van der Waals surface area contributed by atoms with Gasteiger partial charge in [-0.3, -0.25) is 4.57 Å². The predicted octanol–water partition coefficient (Wildman–Crippen LogP) is 13.0. The van der Waals surface area contributed by atoms with Crippen LogP contribution in [0.5, 0.6) is 11.5 Å².